The van der Waals surface area contributed by atoms with Crippen LogP contribution in [0.1, 0.15) is 0 Å². The number of anilines is 2. The molecule has 1 aliphatic heterocycles. The summed E-state index contributed by atoms with van der Waals surface area (Å²) < 4.78 is 5.76. The normalized spacial score (nSPS) is 15.8. The predicted molar refractivity (Wildman–Crippen MR) is 97.0 cm³/mol. The highest BCUT2D eigenvalue weighted by Gasteiger charge is 2.31. The minimum Gasteiger partial charge on any atom is -0.477 e. The first-order valence-corrected chi connectivity index (χ1v) is 8.14. The Morgan fingerprint density at radius 1 is 1.16 bits per heavy atom. The van der Waals surface area contributed by atoms with Crippen molar-refractivity contribution in [3.63, 3.8) is 0 Å². The van der Waals surface area contributed by atoms with Crippen LogP contribution in [0.15, 0.2) is 54.6 Å². The van der Waals surface area contributed by atoms with Gasteiger partial charge in [-0.15, -0.1) is 0 Å². The molecule has 1 heterocycles. The quantitative estimate of drug-likeness (QED) is 0.920. The standard InChI is InChI=1S/C19H21N3O3/c1-20-19(24)17-12-22(15-10-6-7-11-16(15)25-17)13-18(23)21(2)14-8-4-3-5-9-14/h3-11,17H,12-13H2,1-2H3,(H,20,24)/t17-/m0/s1. The van der Waals surface area contributed by atoms with Crippen LogP contribution >= 0.6 is 0 Å². The third kappa shape index (κ3) is 3.57. The monoisotopic (exact) mass is 339 g/mol. The Hall–Kier alpha value is -3.02. The van der Waals surface area contributed by atoms with Crippen molar-refractivity contribution in [3.8, 4) is 5.75 Å². The lowest BCUT2D eigenvalue weighted by Crippen LogP contribution is -2.50. The SMILES string of the molecule is CNC(=O)[C@@H]1CN(CC(=O)N(C)c2ccccc2)c2ccccc2O1. The maximum atomic E-state index is 12.7. The molecule has 0 fully saturated rings. The Kier molecular flexibility index (Phi) is 4.88. The second-order valence-electron chi connectivity index (χ2n) is 5.86. The van der Waals surface area contributed by atoms with Crippen LogP contribution in [0.4, 0.5) is 11.4 Å². The fraction of sp³-hybridized carbons (Fsp3) is 0.263. The molecule has 2 aromatic rings. The minimum atomic E-state index is -0.644. The highest BCUT2D eigenvalue weighted by Crippen LogP contribution is 2.33. The van der Waals surface area contributed by atoms with Gasteiger partial charge in [-0.25, -0.2) is 0 Å². The van der Waals surface area contributed by atoms with Crippen molar-refractivity contribution < 1.29 is 14.3 Å². The topological polar surface area (TPSA) is 61.9 Å². The van der Waals surface area contributed by atoms with Gasteiger partial charge in [-0.2, -0.15) is 0 Å². The summed E-state index contributed by atoms with van der Waals surface area (Å²) in [4.78, 5) is 28.2. The fourth-order valence-electron chi connectivity index (χ4n) is 2.82. The van der Waals surface area contributed by atoms with Crippen molar-refractivity contribution in [2.45, 2.75) is 6.10 Å². The molecule has 0 saturated carbocycles. The molecule has 0 spiro atoms. The third-order valence-electron chi connectivity index (χ3n) is 4.24. The second-order valence-corrected chi connectivity index (χ2v) is 5.86. The van der Waals surface area contributed by atoms with Crippen LogP contribution in [-0.4, -0.2) is 45.1 Å². The summed E-state index contributed by atoms with van der Waals surface area (Å²) in [6.45, 7) is 0.490. The number of ether oxygens (including phenoxy) is 1. The Bertz CT molecular complexity index is 764. The first kappa shape index (κ1) is 16.8. The number of rotatable bonds is 4. The van der Waals surface area contributed by atoms with E-state index in [-0.39, 0.29) is 18.4 Å². The van der Waals surface area contributed by atoms with E-state index < -0.39 is 6.10 Å². The largest absolute Gasteiger partial charge is 0.477 e. The number of carbonyl (C=O) groups excluding carboxylic acids is 2. The van der Waals surface area contributed by atoms with Crippen LogP contribution in [0.25, 0.3) is 0 Å². The van der Waals surface area contributed by atoms with Gasteiger partial charge in [0.05, 0.1) is 18.8 Å². The van der Waals surface area contributed by atoms with Gasteiger partial charge in [-0.3, -0.25) is 9.59 Å². The number of fused-ring (bicyclic) bond motifs is 1. The van der Waals surface area contributed by atoms with E-state index >= 15 is 0 Å². The number of nitrogens with zero attached hydrogens (tertiary/aromatic N) is 2. The van der Waals surface area contributed by atoms with Gasteiger partial charge in [0.2, 0.25) is 5.91 Å². The summed E-state index contributed by atoms with van der Waals surface area (Å²) in [7, 11) is 3.32. The van der Waals surface area contributed by atoms with E-state index in [1.54, 1.807) is 19.0 Å². The second kappa shape index (κ2) is 7.25. The molecular formula is C19H21N3O3. The molecule has 0 radical (unpaired) electrons. The van der Waals surface area contributed by atoms with Gasteiger partial charge in [-0.1, -0.05) is 30.3 Å². The first-order valence-electron chi connectivity index (χ1n) is 8.14. The van der Waals surface area contributed by atoms with E-state index in [4.69, 9.17) is 4.74 Å². The van der Waals surface area contributed by atoms with Crippen molar-refractivity contribution in [2.75, 3.05) is 37.0 Å². The van der Waals surface area contributed by atoms with E-state index in [2.05, 4.69) is 5.32 Å². The maximum Gasteiger partial charge on any atom is 0.262 e. The summed E-state index contributed by atoms with van der Waals surface area (Å²) in [6, 6.07) is 16.9. The molecule has 3 rings (SSSR count). The highest BCUT2D eigenvalue weighted by atomic mass is 16.5. The fourth-order valence-corrected chi connectivity index (χ4v) is 2.82. The number of para-hydroxylation sites is 3. The maximum absolute atomic E-state index is 12.7. The van der Waals surface area contributed by atoms with E-state index in [1.807, 2.05) is 59.5 Å². The molecule has 2 aromatic carbocycles. The molecule has 6 heteroatoms. The Morgan fingerprint density at radius 2 is 1.84 bits per heavy atom. The van der Waals surface area contributed by atoms with Crippen LogP contribution in [0.3, 0.4) is 0 Å². The van der Waals surface area contributed by atoms with E-state index in [1.165, 1.54) is 0 Å². The lowest BCUT2D eigenvalue weighted by Gasteiger charge is -2.35. The number of nitrogens with one attached hydrogen (secondary N) is 1. The van der Waals surface area contributed by atoms with E-state index in [9.17, 15) is 9.59 Å². The van der Waals surface area contributed by atoms with E-state index in [0.717, 1.165) is 11.4 Å². The molecule has 0 aromatic heterocycles. The molecule has 0 saturated heterocycles. The van der Waals surface area contributed by atoms with Crippen LogP contribution in [-0.2, 0) is 9.59 Å². The van der Waals surface area contributed by atoms with Crippen LogP contribution in [0, 0.1) is 0 Å². The molecule has 6 nitrogen and oxygen atoms in total. The Balaban J connectivity index is 1.80. The molecule has 1 aliphatic rings. The molecule has 1 atom stereocenters. The Morgan fingerprint density at radius 3 is 2.56 bits per heavy atom. The molecule has 0 bridgehead atoms. The van der Waals surface area contributed by atoms with Gasteiger partial charge in [0.15, 0.2) is 6.10 Å². The number of amides is 2. The van der Waals surface area contributed by atoms with Crippen molar-refractivity contribution in [3.05, 3.63) is 54.6 Å². The highest BCUT2D eigenvalue weighted by molar-refractivity contribution is 5.96. The van der Waals surface area contributed by atoms with Crippen molar-refractivity contribution >= 4 is 23.2 Å². The summed E-state index contributed by atoms with van der Waals surface area (Å²) >= 11 is 0. The lowest BCUT2D eigenvalue weighted by molar-refractivity contribution is -0.127. The molecule has 0 unspecified atom stereocenters. The summed E-state index contributed by atoms with van der Waals surface area (Å²) in [5.74, 6) is 0.347. The zero-order valence-electron chi connectivity index (χ0n) is 14.3. The number of hydrogen-bond donors (Lipinski definition) is 1. The molecule has 0 aliphatic carbocycles. The van der Waals surface area contributed by atoms with Crippen molar-refractivity contribution in [1.29, 1.82) is 0 Å². The number of carbonyl (C=O) groups is 2. The summed E-state index contributed by atoms with van der Waals surface area (Å²) in [5.41, 5.74) is 1.65. The van der Waals surface area contributed by atoms with Gasteiger partial charge in [0.1, 0.15) is 5.75 Å². The molecule has 2 amide bonds. The minimum absolute atomic E-state index is 0.0569. The van der Waals surface area contributed by atoms with Gasteiger partial charge in [0.25, 0.3) is 5.91 Å². The molecule has 25 heavy (non-hydrogen) atoms. The smallest absolute Gasteiger partial charge is 0.262 e. The van der Waals surface area contributed by atoms with Gasteiger partial charge < -0.3 is 19.9 Å². The first-order chi connectivity index (χ1) is 12.1. The van der Waals surface area contributed by atoms with Gasteiger partial charge in [0, 0.05) is 19.8 Å². The van der Waals surface area contributed by atoms with Crippen LogP contribution in [0.2, 0.25) is 0 Å². The van der Waals surface area contributed by atoms with Crippen LogP contribution in [0.5, 0.6) is 5.75 Å². The predicted octanol–water partition coefficient (Wildman–Crippen LogP) is 1.66. The zero-order chi connectivity index (χ0) is 17.8. The van der Waals surface area contributed by atoms with Crippen molar-refractivity contribution in [2.24, 2.45) is 0 Å². The Labute approximate surface area is 147 Å². The molecular weight excluding hydrogens is 318 g/mol. The van der Waals surface area contributed by atoms with Gasteiger partial charge in [-0.05, 0) is 24.3 Å². The lowest BCUT2D eigenvalue weighted by atomic mass is 10.1. The summed E-state index contributed by atoms with van der Waals surface area (Å²) in [5, 5.41) is 2.60. The van der Waals surface area contributed by atoms with Crippen LogP contribution < -0.4 is 19.9 Å². The number of hydrogen-bond acceptors (Lipinski definition) is 4. The average Bonchev–Trinajstić information content (AvgIpc) is 2.67. The molecule has 130 valence electrons. The number of benzene rings is 2. The average molecular weight is 339 g/mol. The van der Waals surface area contributed by atoms with E-state index in [0.29, 0.717) is 12.3 Å². The van der Waals surface area contributed by atoms with Crippen molar-refractivity contribution in [1.82, 2.24) is 5.32 Å². The van der Waals surface area contributed by atoms with Gasteiger partial charge >= 0.3 is 0 Å². The third-order valence-corrected chi connectivity index (χ3v) is 4.24. The summed E-state index contributed by atoms with van der Waals surface area (Å²) in [6.07, 6.45) is -0.644. The molecule has 1 N–H and O–H groups in total. The number of likely N-dealkylation sites (N-methyl/N-ethyl adjacent to an activating group) is 2. The zero-order valence-corrected chi connectivity index (χ0v) is 14.3.